The van der Waals surface area contributed by atoms with Crippen LogP contribution < -0.4 is 13.2 Å². The monoisotopic (exact) mass is 814 g/mol. The van der Waals surface area contributed by atoms with Crippen LogP contribution >= 0.6 is 0 Å². The predicted octanol–water partition coefficient (Wildman–Crippen LogP) is 11.7. The van der Waals surface area contributed by atoms with Crippen LogP contribution in [-0.4, -0.2) is 40.7 Å². The predicted molar refractivity (Wildman–Crippen MR) is 197 cm³/mol. The molecule has 2 aromatic heterocycles. The molecule has 0 saturated heterocycles. The molecule has 0 unspecified atom stereocenters. The summed E-state index contributed by atoms with van der Waals surface area (Å²) in [4.78, 5) is 0. The van der Waals surface area contributed by atoms with Crippen molar-refractivity contribution in [3.63, 3.8) is 0 Å². The summed E-state index contributed by atoms with van der Waals surface area (Å²) < 4.78 is 69.3. The molecule has 0 aliphatic heterocycles. The van der Waals surface area contributed by atoms with E-state index in [0.717, 1.165) is 53.1 Å². The van der Waals surface area contributed by atoms with E-state index in [2.05, 4.69) is 42.2 Å². The Kier molecular flexibility index (Phi) is 13.6. The molecule has 2 heterocycles. The number of unbranched alkanes of at least 4 members (excludes halogenated alkanes) is 3. The Balaban J connectivity index is 0.000000224. The maximum atomic E-state index is 12.9. The molecule has 2 saturated carbocycles. The largest absolute Gasteiger partial charge is 0.435 e. The van der Waals surface area contributed by atoms with Crippen molar-refractivity contribution < 1.29 is 27.0 Å². The first-order valence-electron chi connectivity index (χ1n) is 18.7. The number of benzene rings is 2. The van der Waals surface area contributed by atoms with E-state index in [1.54, 1.807) is 30.5 Å². The van der Waals surface area contributed by atoms with Crippen molar-refractivity contribution in [2.75, 3.05) is 0 Å². The Labute approximate surface area is 303 Å². The van der Waals surface area contributed by atoms with Gasteiger partial charge in [-0.2, -0.15) is 14.0 Å². The molecule has 0 atom stereocenters. The minimum absolute atomic E-state index is 0.130. The quantitative estimate of drug-likeness (QED) is 0.0834. The van der Waals surface area contributed by atoms with Crippen molar-refractivity contribution >= 4 is 43.9 Å². The van der Waals surface area contributed by atoms with Gasteiger partial charge in [-0.05, 0) is 31.4 Å². The first-order valence-corrected chi connectivity index (χ1v) is 26.2. The number of halogens is 4. The second-order valence-electron chi connectivity index (χ2n) is 14.1. The SMILES string of the molecule is CCC[CH2][Sn]([CH2]CCC)([CH2]CCC)[c]1c(C#N)c2ccc(OC(F)F)cc2n1C1CCC1.N#Cc1cn(C2CCC2)c2cc(OC(F)F)ccc12. The van der Waals surface area contributed by atoms with Gasteiger partial charge in [0.25, 0.3) is 0 Å². The van der Waals surface area contributed by atoms with Gasteiger partial charge in [0.15, 0.2) is 0 Å². The molecule has 2 fully saturated rings. The smallest absolute Gasteiger partial charge is 0.387 e. The minimum Gasteiger partial charge on any atom is -0.435 e. The molecule has 0 radical (unpaired) electrons. The van der Waals surface area contributed by atoms with Gasteiger partial charge in [-0.25, -0.2) is 0 Å². The molecule has 2 aliphatic carbocycles. The standard InChI is InChI=1S/C14H12F2N2O.C14H11F2N2O.3C4H9.Sn/c2*15-14(16)19-11-4-5-12-9(7-17)8-18(13(12)6-11)10-2-1-3-10;3*1-3-4-2;/h4-6,8,10,14H,1-3H2;4-6,10,14H,1-3H2;3*1,3-4H2,2H3;. The molecule has 2 aliphatic rings. The average molecular weight is 814 g/mol. The van der Waals surface area contributed by atoms with E-state index >= 15 is 0 Å². The minimum atomic E-state index is -2.95. The van der Waals surface area contributed by atoms with Crippen LogP contribution in [0.1, 0.15) is 121 Å². The number of ether oxygens (including phenoxy) is 2. The molecule has 6 nitrogen and oxygen atoms in total. The first kappa shape index (κ1) is 38.8. The van der Waals surface area contributed by atoms with E-state index in [1.165, 1.54) is 74.5 Å². The summed E-state index contributed by atoms with van der Waals surface area (Å²) in [6.07, 6.45) is 15.7. The number of alkyl halides is 4. The summed E-state index contributed by atoms with van der Waals surface area (Å²) >= 11 is -2.95. The number of nitrogens with zero attached hydrogens (tertiary/aromatic N) is 4. The van der Waals surface area contributed by atoms with Gasteiger partial charge < -0.3 is 9.30 Å². The van der Waals surface area contributed by atoms with E-state index in [0.29, 0.717) is 17.6 Å². The van der Waals surface area contributed by atoms with Crippen molar-refractivity contribution in [1.29, 1.82) is 10.5 Å². The molecule has 6 rings (SSSR count). The maximum Gasteiger partial charge on any atom is 0.387 e. The van der Waals surface area contributed by atoms with Gasteiger partial charge in [0.2, 0.25) is 0 Å². The van der Waals surface area contributed by atoms with Crippen LogP contribution in [0.4, 0.5) is 17.6 Å². The Morgan fingerprint density at radius 1 is 0.725 bits per heavy atom. The Hall–Kier alpha value is -3.38. The molecule has 2 aromatic carbocycles. The number of hydrogen-bond acceptors (Lipinski definition) is 4. The van der Waals surface area contributed by atoms with Crippen LogP contribution in [0.5, 0.6) is 11.5 Å². The van der Waals surface area contributed by atoms with Gasteiger partial charge in [0.05, 0.1) is 11.1 Å². The molecule has 0 spiro atoms. The van der Waals surface area contributed by atoms with Crippen LogP contribution in [0.25, 0.3) is 21.8 Å². The second kappa shape index (κ2) is 17.9. The van der Waals surface area contributed by atoms with E-state index in [1.807, 2.05) is 10.6 Å². The fourth-order valence-corrected chi connectivity index (χ4v) is 25.2. The summed E-state index contributed by atoms with van der Waals surface area (Å²) in [6, 6.07) is 15.4. The van der Waals surface area contributed by atoms with E-state index in [-0.39, 0.29) is 11.5 Å². The normalized spacial score (nSPS) is 15.0. The van der Waals surface area contributed by atoms with Gasteiger partial charge >= 0.3 is 203 Å². The fourth-order valence-electron chi connectivity index (χ4n) is 7.86. The van der Waals surface area contributed by atoms with Gasteiger partial charge in [-0.15, -0.1) is 0 Å². The zero-order valence-corrected chi connectivity index (χ0v) is 32.9. The summed E-state index contributed by atoms with van der Waals surface area (Å²) in [6.45, 7) is 1.11. The molecule has 0 N–H and O–H groups in total. The zero-order chi connectivity index (χ0) is 36.5. The van der Waals surface area contributed by atoms with Crippen molar-refractivity contribution in [3.8, 4) is 23.6 Å². The third-order valence-electron chi connectivity index (χ3n) is 10.9. The number of fused-ring (bicyclic) bond motifs is 2. The molecule has 0 bridgehead atoms. The van der Waals surface area contributed by atoms with Crippen molar-refractivity contribution in [3.05, 3.63) is 53.7 Å². The number of rotatable bonds is 16. The summed E-state index contributed by atoms with van der Waals surface area (Å²) in [5, 5.41) is 21.2. The molecule has 4 aromatic rings. The number of hydrogen-bond donors (Lipinski definition) is 0. The van der Waals surface area contributed by atoms with Crippen LogP contribution in [-0.2, 0) is 0 Å². The fraction of sp³-hybridized carbons (Fsp3) is 0.550. The maximum absolute atomic E-state index is 12.9. The van der Waals surface area contributed by atoms with Gasteiger partial charge in [0, 0.05) is 23.7 Å². The summed E-state index contributed by atoms with van der Waals surface area (Å²) in [7, 11) is 0. The van der Waals surface area contributed by atoms with Gasteiger partial charge in [-0.3, -0.25) is 0 Å². The van der Waals surface area contributed by atoms with Crippen LogP contribution in [0.2, 0.25) is 13.3 Å². The Morgan fingerprint density at radius 3 is 1.67 bits per heavy atom. The van der Waals surface area contributed by atoms with Crippen LogP contribution in [0.3, 0.4) is 0 Å². The van der Waals surface area contributed by atoms with E-state index < -0.39 is 31.6 Å². The number of nitriles is 2. The molecular weight excluding hydrogens is 763 g/mol. The molecule has 51 heavy (non-hydrogen) atoms. The van der Waals surface area contributed by atoms with Crippen molar-refractivity contribution in [2.45, 2.75) is 136 Å². The molecule has 274 valence electrons. The van der Waals surface area contributed by atoms with E-state index in [9.17, 15) is 22.8 Å². The third-order valence-corrected chi connectivity index (χ3v) is 26.4. The van der Waals surface area contributed by atoms with Crippen LogP contribution in [0, 0.1) is 22.7 Å². The molecule has 11 heteroatoms. The molecule has 0 amide bonds. The van der Waals surface area contributed by atoms with Crippen LogP contribution in [0.15, 0.2) is 42.6 Å². The summed E-state index contributed by atoms with van der Waals surface area (Å²) in [5.41, 5.74) is 3.14. The first-order chi connectivity index (χ1) is 24.7. The zero-order valence-electron chi connectivity index (χ0n) is 30.1. The number of aromatic nitrogens is 2. The second-order valence-corrected chi connectivity index (χ2v) is 27.1. The Morgan fingerprint density at radius 2 is 1.24 bits per heavy atom. The topological polar surface area (TPSA) is 75.9 Å². The van der Waals surface area contributed by atoms with Gasteiger partial charge in [0.1, 0.15) is 11.8 Å². The van der Waals surface area contributed by atoms with Crippen molar-refractivity contribution in [1.82, 2.24) is 9.13 Å². The summed E-state index contributed by atoms with van der Waals surface area (Å²) in [5.74, 6) is 0.323. The van der Waals surface area contributed by atoms with E-state index in [4.69, 9.17) is 10.00 Å². The van der Waals surface area contributed by atoms with Gasteiger partial charge in [-0.1, -0.05) is 0 Å². The Bertz CT molecular complexity index is 1830. The third kappa shape index (κ3) is 8.64. The average Bonchev–Trinajstić information content (AvgIpc) is 3.58. The molecular formula is C40H50F4N4O2Sn. The van der Waals surface area contributed by atoms with Crippen molar-refractivity contribution in [2.24, 2.45) is 0 Å².